The van der Waals surface area contributed by atoms with Crippen molar-refractivity contribution in [3.8, 4) is 0 Å². The molecule has 108 valence electrons. The van der Waals surface area contributed by atoms with Crippen LogP contribution in [0.15, 0.2) is 0 Å². The Morgan fingerprint density at radius 2 is 1.83 bits per heavy atom. The molecule has 18 heavy (non-hydrogen) atoms. The summed E-state index contributed by atoms with van der Waals surface area (Å²) in [5.74, 6) is 0. The summed E-state index contributed by atoms with van der Waals surface area (Å²) in [6, 6.07) is 0.654. The zero-order chi connectivity index (χ0) is 13.6. The fraction of sp³-hybridized carbons (Fsp3) is 1.00. The molecule has 0 radical (unpaired) electrons. The molecule has 0 amide bonds. The van der Waals surface area contributed by atoms with Gasteiger partial charge in [0.1, 0.15) is 0 Å². The van der Waals surface area contributed by atoms with Crippen molar-refractivity contribution in [2.24, 2.45) is 0 Å². The third kappa shape index (κ3) is 6.69. The van der Waals surface area contributed by atoms with E-state index in [9.17, 15) is 5.11 Å². The molecule has 1 atom stereocenters. The smallest absolute Gasteiger partial charge is 0.0611 e. The van der Waals surface area contributed by atoms with E-state index in [-0.39, 0.29) is 12.1 Å². The summed E-state index contributed by atoms with van der Waals surface area (Å²) in [6.07, 6.45) is 4.76. The summed E-state index contributed by atoms with van der Waals surface area (Å²) in [7, 11) is 6.40. The fourth-order valence-corrected chi connectivity index (χ4v) is 2.12. The second-order valence-electron chi connectivity index (χ2n) is 6.35. The quantitative estimate of drug-likeness (QED) is 0.606. The van der Waals surface area contributed by atoms with Crippen molar-refractivity contribution in [1.29, 1.82) is 0 Å². The maximum atomic E-state index is 9.54. The van der Waals surface area contributed by atoms with Gasteiger partial charge in [0.25, 0.3) is 0 Å². The first kappa shape index (κ1) is 15.9. The second-order valence-corrected chi connectivity index (χ2v) is 6.35. The van der Waals surface area contributed by atoms with E-state index in [1.165, 1.54) is 19.3 Å². The Kier molecular flexibility index (Phi) is 6.57. The number of aliphatic hydroxyl groups is 1. The maximum absolute atomic E-state index is 9.54. The van der Waals surface area contributed by atoms with Crippen molar-refractivity contribution in [3.05, 3.63) is 0 Å². The first-order chi connectivity index (χ1) is 8.45. The van der Waals surface area contributed by atoms with Crippen LogP contribution >= 0.6 is 0 Å². The maximum Gasteiger partial charge on any atom is 0.0611 e. The van der Waals surface area contributed by atoms with Gasteiger partial charge in [-0.1, -0.05) is 0 Å². The summed E-state index contributed by atoms with van der Waals surface area (Å²) in [5.41, 5.74) is -0.100. The van der Waals surface area contributed by atoms with Gasteiger partial charge in [-0.15, -0.1) is 0 Å². The number of hydrogen-bond acceptors (Lipinski definition) is 4. The predicted molar refractivity (Wildman–Crippen MR) is 76.9 cm³/mol. The molecule has 0 spiro atoms. The fourth-order valence-electron chi connectivity index (χ4n) is 2.12. The van der Waals surface area contributed by atoms with Crippen LogP contribution in [0.5, 0.6) is 0 Å². The first-order valence-electron chi connectivity index (χ1n) is 7.17. The van der Waals surface area contributed by atoms with Crippen LogP contribution in [0.2, 0.25) is 0 Å². The van der Waals surface area contributed by atoms with Gasteiger partial charge in [0.05, 0.1) is 6.61 Å². The lowest BCUT2D eigenvalue weighted by Crippen LogP contribution is -2.48. The molecule has 1 fully saturated rings. The molecule has 0 saturated heterocycles. The van der Waals surface area contributed by atoms with Crippen LogP contribution in [0.3, 0.4) is 0 Å². The Labute approximate surface area is 112 Å². The zero-order valence-corrected chi connectivity index (χ0v) is 12.6. The number of rotatable bonds is 10. The Balaban J connectivity index is 2.15. The molecule has 1 saturated carbocycles. The zero-order valence-electron chi connectivity index (χ0n) is 12.6. The molecule has 1 unspecified atom stereocenters. The van der Waals surface area contributed by atoms with Gasteiger partial charge in [0, 0.05) is 11.6 Å². The lowest BCUT2D eigenvalue weighted by Gasteiger charge is -2.31. The molecule has 1 aliphatic rings. The minimum Gasteiger partial charge on any atom is -0.394 e. The van der Waals surface area contributed by atoms with Crippen LogP contribution in [0.25, 0.3) is 0 Å². The highest BCUT2D eigenvalue weighted by Crippen LogP contribution is 2.23. The summed E-state index contributed by atoms with van der Waals surface area (Å²) in [4.78, 5) is 4.59. The standard InChI is InChI=1S/C14H31N3O/c1-14(12-18,15-13-6-7-13)8-11-17(4)10-5-9-16(2)3/h13,15,18H,5-12H2,1-4H3. The second kappa shape index (κ2) is 7.43. The molecule has 0 bridgehead atoms. The van der Waals surface area contributed by atoms with E-state index in [1.54, 1.807) is 0 Å². The topological polar surface area (TPSA) is 38.7 Å². The van der Waals surface area contributed by atoms with E-state index >= 15 is 0 Å². The molecular formula is C14H31N3O. The first-order valence-corrected chi connectivity index (χ1v) is 7.17. The van der Waals surface area contributed by atoms with Gasteiger partial charge in [-0.2, -0.15) is 0 Å². The minimum absolute atomic E-state index is 0.100. The molecule has 0 aliphatic heterocycles. The average Bonchev–Trinajstić information content (AvgIpc) is 3.10. The van der Waals surface area contributed by atoms with Crippen molar-refractivity contribution in [3.63, 3.8) is 0 Å². The molecule has 0 aromatic heterocycles. The van der Waals surface area contributed by atoms with Gasteiger partial charge in [-0.05, 0) is 73.4 Å². The molecule has 2 N–H and O–H groups in total. The van der Waals surface area contributed by atoms with Crippen LogP contribution in [0, 0.1) is 0 Å². The van der Waals surface area contributed by atoms with Crippen molar-refractivity contribution in [2.45, 2.75) is 44.2 Å². The predicted octanol–water partition coefficient (Wildman–Crippen LogP) is 0.763. The average molecular weight is 257 g/mol. The van der Waals surface area contributed by atoms with Gasteiger partial charge < -0.3 is 20.2 Å². The Morgan fingerprint density at radius 3 is 2.33 bits per heavy atom. The molecule has 4 nitrogen and oxygen atoms in total. The molecule has 0 aromatic rings. The van der Waals surface area contributed by atoms with Crippen LogP contribution < -0.4 is 5.32 Å². The van der Waals surface area contributed by atoms with E-state index in [2.05, 4.69) is 43.2 Å². The van der Waals surface area contributed by atoms with Crippen LogP contribution in [0.4, 0.5) is 0 Å². The summed E-state index contributed by atoms with van der Waals surface area (Å²) < 4.78 is 0. The van der Waals surface area contributed by atoms with Crippen molar-refractivity contribution >= 4 is 0 Å². The van der Waals surface area contributed by atoms with E-state index < -0.39 is 0 Å². The number of aliphatic hydroxyl groups excluding tert-OH is 1. The monoisotopic (exact) mass is 257 g/mol. The van der Waals surface area contributed by atoms with Gasteiger partial charge in [0.2, 0.25) is 0 Å². The van der Waals surface area contributed by atoms with Gasteiger partial charge in [-0.3, -0.25) is 0 Å². The molecule has 1 rings (SSSR count). The van der Waals surface area contributed by atoms with E-state index in [0.717, 1.165) is 26.1 Å². The largest absolute Gasteiger partial charge is 0.394 e. The molecular weight excluding hydrogens is 226 g/mol. The van der Waals surface area contributed by atoms with Crippen molar-refractivity contribution in [1.82, 2.24) is 15.1 Å². The Hall–Kier alpha value is -0.160. The van der Waals surface area contributed by atoms with Crippen molar-refractivity contribution < 1.29 is 5.11 Å². The summed E-state index contributed by atoms with van der Waals surface area (Å²) >= 11 is 0. The minimum atomic E-state index is -0.100. The third-order valence-corrected chi connectivity index (χ3v) is 3.67. The normalized spacial score (nSPS) is 19.5. The SMILES string of the molecule is CN(C)CCCN(C)CCC(C)(CO)NC1CC1. The lowest BCUT2D eigenvalue weighted by molar-refractivity contribution is 0.148. The van der Waals surface area contributed by atoms with Gasteiger partial charge >= 0.3 is 0 Å². The Morgan fingerprint density at radius 1 is 1.17 bits per heavy atom. The molecule has 4 heteroatoms. The number of hydrogen-bond donors (Lipinski definition) is 2. The number of nitrogens with zero attached hydrogens (tertiary/aromatic N) is 2. The third-order valence-electron chi connectivity index (χ3n) is 3.67. The van der Waals surface area contributed by atoms with Crippen LogP contribution in [0.1, 0.15) is 32.6 Å². The Bertz CT molecular complexity index is 231. The lowest BCUT2D eigenvalue weighted by atomic mass is 9.98. The molecule has 0 aromatic carbocycles. The number of nitrogens with one attached hydrogen (secondary N) is 1. The van der Waals surface area contributed by atoms with Crippen LogP contribution in [-0.4, -0.2) is 73.9 Å². The highest BCUT2D eigenvalue weighted by molar-refractivity contribution is 4.92. The molecule has 1 aliphatic carbocycles. The summed E-state index contributed by atoms with van der Waals surface area (Å²) in [6.45, 7) is 5.68. The van der Waals surface area contributed by atoms with E-state index in [4.69, 9.17) is 0 Å². The van der Waals surface area contributed by atoms with E-state index in [0.29, 0.717) is 6.04 Å². The van der Waals surface area contributed by atoms with Crippen LogP contribution in [-0.2, 0) is 0 Å². The highest BCUT2D eigenvalue weighted by Gasteiger charge is 2.31. The summed E-state index contributed by atoms with van der Waals surface area (Å²) in [5, 5.41) is 13.1. The van der Waals surface area contributed by atoms with Crippen molar-refractivity contribution in [2.75, 3.05) is 47.4 Å². The molecule has 0 heterocycles. The van der Waals surface area contributed by atoms with Gasteiger partial charge in [0.15, 0.2) is 0 Å². The van der Waals surface area contributed by atoms with E-state index in [1.807, 2.05) is 0 Å². The highest BCUT2D eigenvalue weighted by atomic mass is 16.3. The van der Waals surface area contributed by atoms with Gasteiger partial charge in [-0.25, -0.2) is 0 Å².